The van der Waals surface area contributed by atoms with Crippen LogP contribution in [0, 0.1) is 0 Å². The summed E-state index contributed by atoms with van der Waals surface area (Å²) >= 11 is 0. The van der Waals surface area contributed by atoms with E-state index in [1.807, 2.05) is 0 Å². The summed E-state index contributed by atoms with van der Waals surface area (Å²) in [5, 5.41) is 4.83. The van der Waals surface area contributed by atoms with Crippen LogP contribution in [0.1, 0.15) is 0 Å². The highest BCUT2D eigenvalue weighted by Gasteiger charge is 2.26. The first-order chi connectivity index (χ1) is 4.75. The first-order valence-corrected chi connectivity index (χ1v) is 2.79. The highest BCUT2D eigenvalue weighted by atomic mass is 16.2. The van der Waals surface area contributed by atoms with Crippen molar-refractivity contribution < 1.29 is 9.59 Å². The maximum atomic E-state index is 10.8. The molecule has 1 aliphatic heterocycles. The second-order valence-corrected chi connectivity index (χ2v) is 1.83. The maximum absolute atomic E-state index is 10.8. The predicted octanol–water partition coefficient (Wildman–Crippen LogP) is -1.74. The van der Waals surface area contributed by atoms with Crippen molar-refractivity contribution in [3.63, 3.8) is 0 Å². The number of carbonyl (C=O) groups is 2. The van der Waals surface area contributed by atoms with Crippen molar-refractivity contribution >= 4 is 18.2 Å². The van der Waals surface area contributed by atoms with Crippen LogP contribution < -0.4 is 10.6 Å². The van der Waals surface area contributed by atoms with E-state index in [9.17, 15) is 9.59 Å². The molecule has 0 aromatic rings. The van der Waals surface area contributed by atoms with Crippen LogP contribution in [0.3, 0.4) is 0 Å². The zero-order valence-corrected chi connectivity index (χ0v) is 5.42. The lowest BCUT2D eigenvalue weighted by molar-refractivity contribution is -0.130. The van der Waals surface area contributed by atoms with Gasteiger partial charge in [0, 0.05) is 0 Å². The third-order valence-corrected chi connectivity index (χ3v) is 1.20. The third kappa shape index (κ3) is 1.03. The molecule has 54 valence electrons. The molecule has 0 unspecified atom stereocenters. The number of likely N-dealkylation sites (N-methyl/N-ethyl adjacent to an activating group) is 1. The zero-order valence-electron chi connectivity index (χ0n) is 5.42. The Balaban J connectivity index is 2.77. The predicted molar refractivity (Wildman–Crippen MR) is 34.5 cm³/mol. The summed E-state index contributed by atoms with van der Waals surface area (Å²) < 4.78 is 0. The molecule has 10 heavy (non-hydrogen) atoms. The van der Waals surface area contributed by atoms with Gasteiger partial charge in [0.15, 0.2) is 6.04 Å². The highest BCUT2D eigenvalue weighted by Crippen LogP contribution is 1.90. The summed E-state index contributed by atoms with van der Waals surface area (Å²) in [6.07, 6.45) is 1.10. The summed E-state index contributed by atoms with van der Waals surface area (Å²) in [6.45, 7) is 0. The van der Waals surface area contributed by atoms with Crippen LogP contribution in [0.5, 0.6) is 0 Å². The average molecular weight is 141 g/mol. The number of aliphatic imine (C=N–C) groups is 1. The van der Waals surface area contributed by atoms with Crippen LogP contribution >= 0.6 is 0 Å². The fourth-order valence-corrected chi connectivity index (χ4v) is 0.684. The normalized spacial score (nSPS) is 24.7. The van der Waals surface area contributed by atoms with Gasteiger partial charge in [0.05, 0.1) is 6.34 Å². The molecule has 1 atom stereocenters. The monoisotopic (exact) mass is 141 g/mol. The number of hydrogen-bond acceptors (Lipinski definition) is 3. The molecule has 2 N–H and O–H groups in total. The van der Waals surface area contributed by atoms with Crippen molar-refractivity contribution in [3.8, 4) is 0 Å². The number of nitrogens with zero attached hydrogens (tertiary/aromatic N) is 1. The average Bonchev–Trinajstić information content (AvgIpc) is 1.88. The summed E-state index contributed by atoms with van der Waals surface area (Å²) in [5.74, 6) is -0.811. The van der Waals surface area contributed by atoms with E-state index in [4.69, 9.17) is 0 Å². The SMILES string of the molecule is CN[C@H]1C(=O)N=CNC1=O. The highest BCUT2D eigenvalue weighted by molar-refractivity contribution is 6.13. The molecule has 0 fully saturated rings. The van der Waals surface area contributed by atoms with Gasteiger partial charge in [-0.15, -0.1) is 0 Å². The molecule has 0 aromatic heterocycles. The van der Waals surface area contributed by atoms with Crippen molar-refractivity contribution in [2.75, 3.05) is 7.05 Å². The fourth-order valence-electron chi connectivity index (χ4n) is 0.684. The van der Waals surface area contributed by atoms with E-state index in [0.717, 1.165) is 6.34 Å². The molecule has 5 nitrogen and oxygen atoms in total. The molecule has 0 aromatic carbocycles. The van der Waals surface area contributed by atoms with Crippen LogP contribution in [-0.4, -0.2) is 31.2 Å². The second-order valence-electron chi connectivity index (χ2n) is 1.83. The molecular weight excluding hydrogens is 134 g/mol. The zero-order chi connectivity index (χ0) is 7.56. The third-order valence-electron chi connectivity index (χ3n) is 1.20. The van der Waals surface area contributed by atoms with Gasteiger partial charge in [-0.2, -0.15) is 0 Å². The topological polar surface area (TPSA) is 70.6 Å². The molecule has 2 amide bonds. The summed E-state index contributed by atoms with van der Waals surface area (Å²) in [5.41, 5.74) is 0. The lowest BCUT2D eigenvalue weighted by Gasteiger charge is -2.13. The largest absolute Gasteiger partial charge is 0.315 e. The molecule has 0 saturated carbocycles. The van der Waals surface area contributed by atoms with Gasteiger partial charge >= 0.3 is 0 Å². The number of hydrogen-bond donors (Lipinski definition) is 2. The quantitative estimate of drug-likeness (QED) is 0.426. The van der Waals surface area contributed by atoms with Crippen LogP contribution in [0.4, 0.5) is 0 Å². The number of rotatable bonds is 1. The second kappa shape index (κ2) is 2.57. The van der Waals surface area contributed by atoms with E-state index in [2.05, 4.69) is 15.6 Å². The lowest BCUT2D eigenvalue weighted by atomic mass is 10.2. The standard InChI is InChI=1S/C5H7N3O2/c1-6-3-4(9)7-2-8-5(3)10/h2-3,6H,1H3,(H,7,8,9,10). The minimum atomic E-state index is -0.815. The molecular formula is C5H7N3O2. The summed E-state index contributed by atoms with van der Waals surface area (Å²) in [6, 6.07) is -0.815. The molecule has 0 aliphatic carbocycles. The van der Waals surface area contributed by atoms with Crippen LogP contribution in [0.2, 0.25) is 0 Å². The Morgan fingerprint density at radius 2 is 2.40 bits per heavy atom. The molecule has 0 saturated heterocycles. The first-order valence-electron chi connectivity index (χ1n) is 2.79. The van der Waals surface area contributed by atoms with Gasteiger partial charge in [-0.25, -0.2) is 4.99 Å². The minimum absolute atomic E-state index is 0.359. The van der Waals surface area contributed by atoms with Gasteiger partial charge in [0.25, 0.3) is 11.8 Å². The Morgan fingerprint density at radius 3 is 2.80 bits per heavy atom. The van der Waals surface area contributed by atoms with Crippen LogP contribution in [-0.2, 0) is 9.59 Å². The van der Waals surface area contributed by atoms with E-state index in [1.54, 1.807) is 0 Å². The van der Waals surface area contributed by atoms with E-state index in [-0.39, 0.29) is 5.91 Å². The Hall–Kier alpha value is -1.23. The maximum Gasteiger partial charge on any atom is 0.273 e. The van der Waals surface area contributed by atoms with Crippen molar-refractivity contribution in [2.45, 2.75) is 6.04 Å². The van der Waals surface area contributed by atoms with Gasteiger partial charge in [-0.3, -0.25) is 9.59 Å². The Bertz CT molecular complexity index is 199. The number of amides is 2. The Labute approximate surface area is 57.5 Å². The van der Waals surface area contributed by atoms with Gasteiger partial charge in [-0.05, 0) is 7.05 Å². The summed E-state index contributed by atoms with van der Waals surface area (Å²) in [7, 11) is 1.53. The van der Waals surface area contributed by atoms with E-state index < -0.39 is 11.9 Å². The van der Waals surface area contributed by atoms with E-state index in [1.165, 1.54) is 7.05 Å². The molecule has 0 radical (unpaired) electrons. The van der Waals surface area contributed by atoms with E-state index >= 15 is 0 Å². The molecule has 1 rings (SSSR count). The lowest BCUT2D eigenvalue weighted by Crippen LogP contribution is -2.50. The fraction of sp³-hybridized carbons (Fsp3) is 0.400. The molecule has 0 bridgehead atoms. The van der Waals surface area contributed by atoms with Crippen molar-refractivity contribution in [3.05, 3.63) is 0 Å². The number of carbonyl (C=O) groups excluding carboxylic acids is 2. The van der Waals surface area contributed by atoms with Crippen LogP contribution in [0.15, 0.2) is 4.99 Å². The minimum Gasteiger partial charge on any atom is -0.315 e. The Kier molecular flexibility index (Phi) is 1.77. The Morgan fingerprint density at radius 1 is 1.70 bits per heavy atom. The van der Waals surface area contributed by atoms with Gasteiger partial charge in [0.1, 0.15) is 0 Å². The molecule has 5 heteroatoms. The van der Waals surface area contributed by atoms with Gasteiger partial charge < -0.3 is 10.6 Å². The van der Waals surface area contributed by atoms with Crippen molar-refractivity contribution in [1.82, 2.24) is 10.6 Å². The van der Waals surface area contributed by atoms with Crippen molar-refractivity contribution in [2.24, 2.45) is 4.99 Å². The summed E-state index contributed by atoms with van der Waals surface area (Å²) in [4.78, 5) is 24.8. The number of nitrogens with one attached hydrogen (secondary N) is 2. The first kappa shape index (κ1) is 6.88. The molecule has 0 spiro atoms. The smallest absolute Gasteiger partial charge is 0.273 e. The van der Waals surface area contributed by atoms with Gasteiger partial charge in [-0.1, -0.05) is 0 Å². The molecule has 1 heterocycles. The van der Waals surface area contributed by atoms with Crippen LogP contribution in [0.25, 0.3) is 0 Å². The molecule has 1 aliphatic rings. The van der Waals surface area contributed by atoms with E-state index in [0.29, 0.717) is 0 Å². The van der Waals surface area contributed by atoms with Gasteiger partial charge in [0.2, 0.25) is 0 Å². The van der Waals surface area contributed by atoms with Crippen molar-refractivity contribution in [1.29, 1.82) is 0 Å².